The van der Waals surface area contributed by atoms with Crippen LogP contribution in [0.25, 0.3) is 0 Å². The van der Waals surface area contributed by atoms with Crippen LogP contribution in [0.2, 0.25) is 0 Å². The number of nitrogens with zero attached hydrogens (tertiary/aromatic N) is 1. The maximum absolute atomic E-state index is 13.1. The molecule has 0 amide bonds. The fourth-order valence-corrected chi connectivity index (χ4v) is 1.92. The highest BCUT2D eigenvalue weighted by atomic mass is 19.4. The Morgan fingerprint density at radius 1 is 1.29 bits per heavy atom. The molecule has 1 aliphatic rings. The van der Waals surface area contributed by atoms with E-state index >= 15 is 0 Å². The fraction of sp³-hybridized carbons (Fsp3) is 0.900. The number of ether oxygens (including phenoxy) is 1. The van der Waals surface area contributed by atoms with Gasteiger partial charge in [-0.3, -0.25) is 4.90 Å². The van der Waals surface area contributed by atoms with Crippen LogP contribution in [0.5, 0.6) is 0 Å². The first-order valence-electron chi connectivity index (χ1n) is 5.45. The van der Waals surface area contributed by atoms with E-state index in [1.165, 1.54) is 0 Å². The minimum Gasteiger partial charge on any atom is -0.467 e. The Hall–Kier alpha value is -0.820. The first-order valence-corrected chi connectivity index (χ1v) is 5.45. The highest BCUT2D eigenvalue weighted by molar-refractivity contribution is 5.81. The number of carbonyl (C=O) groups excluding carboxylic acids is 1. The van der Waals surface area contributed by atoms with Crippen LogP contribution in [0, 0.1) is 0 Å². The van der Waals surface area contributed by atoms with E-state index in [-0.39, 0.29) is 13.1 Å². The molecule has 0 aromatic rings. The van der Waals surface area contributed by atoms with E-state index in [1.54, 1.807) is 0 Å². The molecule has 1 fully saturated rings. The van der Waals surface area contributed by atoms with Crippen molar-refractivity contribution in [2.45, 2.75) is 25.1 Å². The monoisotopic (exact) mass is 254 g/mol. The van der Waals surface area contributed by atoms with Crippen LogP contribution >= 0.6 is 0 Å². The molecule has 1 N–H and O–H groups in total. The SMILES string of the molecule is COC(=O)C(C)(N1CCCNCC1)C(F)(F)F. The zero-order valence-electron chi connectivity index (χ0n) is 9.93. The van der Waals surface area contributed by atoms with E-state index in [1.807, 2.05) is 0 Å². The molecule has 7 heteroatoms. The van der Waals surface area contributed by atoms with E-state index in [2.05, 4.69) is 10.1 Å². The van der Waals surface area contributed by atoms with Crippen LogP contribution in [0.15, 0.2) is 0 Å². The summed E-state index contributed by atoms with van der Waals surface area (Å²) in [5, 5.41) is 3.00. The molecule has 100 valence electrons. The third-order valence-electron chi connectivity index (χ3n) is 3.11. The summed E-state index contributed by atoms with van der Waals surface area (Å²) in [6.45, 7) is 2.36. The van der Waals surface area contributed by atoms with Crippen LogP contribution in [0.4, 0.5) is 13.2 Å². The van der Waals surface area contributed by atoms with Gasteiger partial charge in [0.1, 0.15) is 0 Å². The predicted molar refractivity (Wildman–Crippen MR) is 55.5 cm³/mol. The van der Waals surface area contributed by atoms with Crippen LogP contribution in [0.1, 0.15) is 13.3 Å². The van der Waals surface area contributed by atoms with Crippen LogP contribution in [0.3, 0.4) is 0 Å². The minimum atomic E-state index is -4.65. The number of esters is 1. The highest BCUT2D eigenvalue weighted by Gasteiger charge is 2.61. The number of halogens is 3. The Labute approximate surface area is 98.1 Å². The lowest BCUT2D eigenvalue weighted by molar-refractivity contribution is -0.234. The van der Waals surface area contributed by atoms with Crippen molar-refractivity contribution in [2.24, 2.45) is 0 Å². The second kappa shape index (κ2) is 5.22. The summed E-state index contributed by atoms with van der Waals surface area (Å²) in [4.78, 5) is 12.6. The number of alkyl halides is 3. The molecular weight excluding hydrogens is 237 g/mol. The van der Waals surface area contributed by atoms with Crippen LogP contribution in [-0.4, -0.2) is 55.9 Å². The maximum atomic E-state index is 13.1. The molecule has 17 heavy (non-hydrogen) atoms. The smallest absolute Gasteiger partial charge is 0.417 e. The van der Waals surface area contributed by atoms with Gasteiger partial charge in [0.2, 0.25) is 5.54 Å². The molecular formula is C10H17F3N2O2. The van der Waals surface area contributed by atoms with Gasteiger partial charge in [-0.15, -0.1) is 0 Å². The molecule has 0 bridgehead atoms. The summed E-state index contributed by atoms with van der Waals surface area (Å²) >= 11 is 0. The molecule has 0 spiro atoms. The first kappa shape index (κ1) is 14.2. The van der Waals surface area contributed by atoms with E-state index in [4.69, 9.17) is 0 Å². The molecule has 4 nitrogen and oxygen atoms in total. The summed E-state index contributed by atoms with van der Waals surface area (Å²) in [7, 11) is 0.975. The molecule has 1 saturated heterocycles. The summed E-state index contributed by atoms with van der Waals surface area (Å²) in [6, 6.07) is 0. The molecule has 1 unspecified atom stereocenters. The van der Waals surface area contributed by atoms with Gasteiger partial charge in [-0.1, -0.05) is 0 Å². The molecule has 0 aromatic heterocycles. The van der Waals surface area contributed by atoms with Crippen molar-refractivity contribution in [1.29, 1.82) is 0 Å². The van der Waals surface area contributed by atoms with Crippen molar-refractivity contribution in [3.8, 4) is 0 Å². The molecule has 0 aromatic carbocycles. The normalized spacial score (nSPS) is 22.6. The Morgan fingerprint density at radius 2 is 1.94 bits per heavy atom. The molecule has 1 rings (SSSR count). The van der Waals surface area contributed by atoms with Gasteiger partial charge in [0.25, 0.3) is 0 Å². The number of methoxy groups -OCH3 is 1. The minimum absolute atomic E-state index is 0.172. The molecule has 1 aliphatic heterocycles. The molecule has 1 heterocycles. The van der Waals surface area contributed by atoms with Gasteiger partial charge in [0.15, 0.2) is 0 Å². The fourth-order valence-electron chi connectivity index (χ4n) is 1.92. The van der Waals surface area contributed by atoms with Gasteiger partial charge in [-0.05, 0) is 19.9 Å². The Kier molecular flexibility index (Phi) is 4.37. The van der Waals surface area contributed by atoms with E-state index in [0.29, 0.717) is 19.5 Å². The summed E-state index contributed by atoms with van der Waals surface area (Å²) in [5.74, 6) is -1.26. The molecule has 0 aliphatic carbocycles. The zero-order valence-corrected chi connectivity index (χ0v) is 9.93. The lowest BCUT2D eigenvalue weighted by Crippen LogP contribution is -2.63. The van der Waals surface area contributed by atoms with E-state index < -0.39 is 17.7 Å². The number of hydrogen-bond donors (Lipinski definition) is 1. The third-order valence-corrected chi connectivity index (χ3v) is 3.11. The van der Waals surface area contributed by atoms with Crippen molar-refractivity contribution in [1.82, 2.24) is 10.2 Å². The van der Waals surface area contributed by atoms with Crippen molar-refractivity contribution in [3.05, 3.63) is 0 Å². The summed E-state index contributed by atoms with van der Waals surface area (Å²) in [6.07, 6.45) is -4.08. The molecule has 0 radical (unpaired) electrons. The highest BCUT2D eigenvalue weighted by Crippen LogP contribution is 2.36. The topological polar surface area (TPSA) is 41.6 Å². The summed E-state index contributed by atoms with van der Waals surface area (Å²) < 4.78 is 43.6. The van der Waals surface area contributed by atoms with Gasteiger partial charge < -0.3 is 10.1 Å². The third kappa shape index (κ3) is 2.71. The maximum Gasteiger partial charge on any atom is 0.417 e. The van der Waals surface area contributed by atoms with E-state index in [9.17, 15) is 18.0 Å². The molecule has 1 atom stereocenters. The average molecular weight is 254 g/mol. The summed E-state index contributed by atoms with van der Waals surface area (Å²) in [5.41, 5.74) is -2.56. The first-order chi connectivity index (χ1) is 7.84. The van der Waals surface area contributed by atoms with Crippen molar-refractivity contribution < 1.29 is 22.7 Å². The van der Waals surface area contributed by atoms with Crippen LogP contribution < -0.4 is 5.32 Å². The van der Waals surface area contributed by atoms with Crippen LogP contribution in [-0.2, 0) is 9.53 Å². The van der Waals surface area contributed by atoms with Crippen molar-refractivity contribution >= 4 is 5.97 Å². The molecule has 0 saturated carbocycles. The van der Waals surface area contributed by atoms with Crippen molar-refractivity contribution in [3.63, 3.8) is 0 Å². The van der Waals surface area contributed by atoms with Gasteiger partial charge in [-0.25, -0.2) is 4.79 Å². The lowest BCUT2D eigenvalue weighted by Gasteiger charge is -2.39. The second-order valence-corrected chi connectivity index (χ2v) is 4.15. The quantitative estimate of drug-likeness (QED) is 0.739. The Morgan fingerprint density at radius 3 is 2.47 bits per heavy atom. The Balaban J connectivity index is 3.00. The van der Waals surface area contributed by atoms with Gasteiger partial charge in [0, 0.05) is 19.6 Å². The number of hydrogen-bond acceptors (Lipinski definition) is 4. The standard InChI is InChI=1S/C10H17F3N2O2/c1-9(8(16)17-2,10(11,12)13)15-6-3-4-14-5-7-15/h14H,3-7H2,1-2H3. The van der Waals surface area contributed by atoms with Gasteiger partial charge in [0.05, 0.1) is 7.11 Å². The number of carbonyl (C=O) groups is 1. The number of rotatable bonds is 2. The number of nitrogens with one attached hydrogen (secondary N) is 1. The van der Waals surface area contributed by atoms with Crippen molar-refractivity contribution in [2.75, 3.05) is 33.3 Å². The van der Waals surface area contributed by atoms with Gasteiger partial charge in [-0.2, -0.15) is 13.2 Å². The van der Waals surface area contributed by atoms with E-state index in [0.717, 1.165) is 18.9 Å². The zero-order chi connectivity index (χ0) is 13.1. The second-order valence-electron chi connectivity index (χ2n) is 4.15. The lowest BCUT2D eigenvalue weighted by atomic mass is 9.98. The predicted octanol–water partition coefficient (Wildman–Crippen LogP) is 0.776. The largest absolute Gasteiger partial charge is 0.467 e. The van der Waals surface area contributed by atoms with Gasteiger partial charge >= 0.3 is 12.1 Å². The average Bonchev–Trinajstić information content (AvgIpc) is 2.53. The Bertz CT molecular complexity index is 275.